The number of fused-ring (bicyclic) bond motifs is 1. The van der Waals surface area contributed by atoms with Crippen LogP contribution in [0.15, 0.2) is 54.0 Å². The quantitative estimate of drug-likeness (QED) is 0.0393. The third-order valence-corrected chi connectivity index (χ3v) is 16.4. The number of hydrogen-bond donors (Lipinski definition) is 9. The molecule has 0 aromatic heterocycles. The number of ether oxygens (including phenoxy) is 2. The van der Waals surface area contributed by atoms with E-state index in [2.05, 4.69) is 55.5 Å². The highest BCUT2D eigenvalue weighted by molar-refractivity contribution is 7.80. The van der Waals surface area contributed by atoms with Gasteiger partial charge in [-0.2, -0.15) is 12.6 Å². The molecule has 9 rings (SSSR count). The number of hydrogen-bond acceptors (Lipinski definition) is 14. The van der Waals surface area contributed by atoms with Gasteiger partial charge in [0.2, 0.25) is 35.4 Å². The van der Waals surface area contributed by atoms with Crippen LogP contribution in [0.4, 0.5) is 0 Å². The summed E-state index contributed by atoms with van der Waals surface area (Å²) in [6, 6.07) is 4.50. The average molecular weight is 1010 g/mol. The van der Waals surface area contributed by atoms with Gasteiger partial charge >= 0.3 is 0 Å². The van der Waals surface area contributed by atoms with Crippen molar-refractivity contribution in [2.45, 2.75) is 132 Å². The van der Waals surface area contributed by atoms with Gasteiger partial charge in [-0.25, -0.2) is 0 Å². The Morgan fingerprint density at radius 1 is 0.957 bits per heavy atom. The monoisotopic (exact) mass is 1010 g/mol. The molecule has 6 aliphatic carbocycles. The third-order valence-electron chi connectivity index (χ3n) is 15.7. The molecule has 380 valence electrons. The highest BCUT2D eigenvalue weighted by atomic mass is 32.1. The lowest BCUT2D eigenvalue weighted by atomic mass is 9.26. The fourth-order valence-electron chi connectivity index (χ4n) is 12.1. The molecule has 8 aliphatic rings. The van der Waals surface area contributed by atoms with Gasteiger partial charge in [-0.05, 0) is 101 Å². The van der Waals surface area contributed by atoms with E-state index < -0.39 is 82.4 Å². The highest BCUT2D eigenvalue weighted by Gasteiger charge is 2.96. The summed E-state index contributed by atoms with van der Waals surface area (Å²) in [5.74, 6) is -1.65. The second-order valence-corrected chi connectivity index (χ2v) is 21.1. The molecule has 9 N–H and O–H groups in total. The number of likely N-dealkylation sites (tertiary alicyclic amines) is 1. The summed E-state index contributed by atoms with van der Waals surface area (Å²) in [4.78, 5) is 95.0. The van der Waals surface area contributed by atoms with Gasteiger partial charge in [0.1, 0.15) is 35.5 Å². The summed E-state index contributed by atoms with van der Waals surface area (Å²) < 4.78 is 12.8. The van der Waals surface area contributed by atoms with Gasteiger partial charge in [0.15, 0.2) is 17.6 Å². The molecule has 19 nitrogen and oxygen atoms in total. The van der Waals surface area contributed by atoms with Gasteiger partial charge in [-0.15, -0.1) is 0 Å². The summed E-state index contributed by atoms with van der Waals surface area (Å²) in [6.45, 7) is 5.67. The molecule has 2 spiro atoms. The topological polar surface area (TPSA) is 263 Å². The van der Waals surface area contributed by atoms with E-state index in [1.807, 2.05) is 36.4 Å². The van der Waals surface area contributed by atoms with Crippen molar-refractivity contribution in [3.8, 4) is 0 Å². The molecule has 2 bridgehead atoms. The minimum atomic E-state index is -1.12. The van der Waals surface area contributed by atoms with Crippen LogP contribution in [0.1, 0.15) is 77.7 Å². The highest BCUT2D eigenvalue weighted by Crippen LogP contribution is 2.84. The van der Waals surface area contributed by atoms with E-state index in [4.69, 9.17) is 27.4 Å². The van der Waals surface area contributed by atoms with E-state index in [9.17, 15) is 38.7 Å². The predicted molar refractivity (Wildman–Crippen MR) is 263 cm³/mol. The smallest absolute Gasteiger partial charge is 0.264 e. The van der Waals surface area contributed by atoms with Crippen molar-refractivity contribution < 1.29 is 48.1 Å². The Bertz CT molecular complexity index is 2330. The van der Waals surface area contributed by atoms with Crippen LogP contribution < -0.4 is 37.6 Å². The molecule has 2 aliphatic heterocycles. The maximum absolute atomic E-state index is 13.8. The number of piperidine rings is 1. The van der Waals surface area contributed by atoms with Gasteiger partial charge in [0.05, 0.1) is 17.0 Å². The molecule has 21 heteroatoms. The number of aliphatic hydroxyl groups is 1. The number of ketones is 1. The van der Waals surface area contributed by atoms with Gasteiger partial charge in [-0.3, -0.25) is 38.5 Å². The number of unbranched alkanes of at least 4 members (excludes halogenated alkanes) is 1. The summed E-state index contributed by atoms with van der Waals surface area (Å²) in [7, 11) is 1.72. The van der Waals surface area contributed by atoms with Crippen molar-refractivity contribution in [2.75, 3.05) is 39.0 Å². The number of rotatable bonds is 23. The molecule has 5 saturated carbocycles. The van der Waals surface area contributed by atoms with Crippen molar-refractivity contribution >= 4 is 71.2 Å². The molecule has 6 amide bonds. The first kappa shape index (κ1) is 51.3. The van der Waals surface area contributed by atoms with Gasteiger partial charge < -0.3 is 57.1 Å². The van der Waals surface area contributed by atoms with Crippen LogP contribution in [0.2, 0.25) is 0 Å². The number of amides is 6. The molecule has 12 atom stereocenters. The average Bonchev–Trinajstić information content (AvgIpc) is 4.08. The number of nitrogens with zero attached hydrogens (tertiary/aromatic N) is 2. The Balaban J connectivity index is 0.845. The van der Waals surface area contributed by atoms with E-state index in [1.165, 1.54) is 33.6 Å². The zero-order chi connectivity index (χ0) is 50.3. The Morgan fingerprint density at radius 3 is 2.33 bits per heavy atom. The first-order chi connectivity index (χ1) is 33.3. The number of benzene rings is 1. The van der Waals surface area contributed by atoms with Crippen LogP contribution in [0, 0.1) is 23.2 Å². The van der Waals surface area contributed by atoms with E-state index >= 15 is 0 Å². The summed E-state index contributed by atoms with van der Waals surface area (Å²) in [5.41, 5.74) is 4.90. The van der Waals surface area contributed by atoms with Crippen molar-refractivity contribution in [3.63, 3.8) is 0 Å². The maximum Gasteiger partial charge on any atom is 0.264 e. The summed E-state index contributed by atoms with van der Waals surface area (Å²) in [5, 5.41) is 28.6. The lowest BCUT2D eigenvalue weighted by Gasteiger charge is -2.87. The molecule has 2 heterocycles. The van der Waals surface area contributed by atoms with E-state index in [0.29, 0.717) is 43.1 Å². The lowest BCUT2D eigenvalue weighted by molar-refractivity contribution is -0.430. The number of allylic oxidation sites excluding steroid dienone is 3. The number of thiol groups is 1. The van der Waals surface area contributed by atoms with Crippen molar-refractivity contribution in [3.05, 3.63) is 59.6 Å². The number of carbonyl (C=O) groups excluding carboxylic acids is 7. The van der Waals surface area contributed by atoms with Crippen molar-refractivity contribution in [2.24, 2.45) is 28.9 Å². The lowest BCUT2D eigenvalue weighted by Crippen LogP contribution is -3.02. The summed E-state index contributed by atoms with van der Waals surface area (Å²) >= 11 is 9.82. The minimum Gasteiger partial charge on any atom is -0.482 e. The third kappa shape index (κ3) is 9.43. The van der Waals surface area contributed by atoms with Crippen LogP contribution in [-0.4, -0.2) is 154 Å². The fourth-order valence-corrected chi connectivity index (χ4v) is 12.5. The Hall–Kier alpha value is -5.09. The molecule has 0 radical (unpaired) electrons. The Kier molecular flexibility index (Phi) is 15.1. The first-order valence-electron chi connectivity index (χ1n) is 24.5. The SMILES string of the molecule is CC(=O)NC(CS)C(=O)NC(C)C(=O)NC(C)C(=O)NC(CCCCNC(=O)C(N)Cc1ccccc1)C(=O)NCCN(C)C(=S)OC1=C2O[C@H]3C(=O)CC45C[C@]36C2C(C=C1)CC(N4CC1CC1)C56O. The fraction of sp³-hybridized carbons (Fsp3) is 0.633. The number of Topliss-reactive ketones (excluding diaryl/α,β-unsaturated/α-hetero) is 1. The zero-order valence-corrected chi connectivity index (χ0v) is 41.9. The molecule has 2 saturated heterocycles. The van der Waals surface area contributed by atoms with Gasteiger partial charge in [-0.1, -0.05) is 36.4 Å². The number of nitrogens with one attached hydrogen (secondary N) is 6. The standard InChI is InChI=1S/C49H67N9O10S2/c1-26(54-45(65)34(24-69)55-28(3)59)41(61)53-27(2)42(62)56-33(12-8-9-17-51-43(63)32(50)20-29-10-6-5-7-11-29)44(64)52-18-19-57(4)46(70)67-36-16-15-31-21-37-49(66)47(58(37)23-30-13-14-30)22-35(60)40-48(49,25-47)38(31)39(36)68-40/h5-7,10-11,15-16,26-27,30-34,37-38,40,66,69H,8-9,12-14,17-25,50H2,1-4H3,(H,51,63)(H,52,64)(H,53,61)(H,54,65)(H,55,59)(H,56,62)/t26?,27?,31?,32?,33?,34?,37?,38?,40-,47?,48-,49?/m0/s1. The largest absolute Gasteiger partial charge is 0.482 e. The van der Waals surface area contributed by atoms with Crippen LogP contribution in [0.25, 0.3) is 0 Å². The van der Waals surface area contributed by atoms with Gasteiger partial charge in [0, 0.05) is 64.3 Å². The van der Waals surface area contributed by atoms with Crippen LogP contribution in [0.3, 0.4) is 0 Å². The molecule has 10 unspecified atom stereocenters. The zero-order valence-electron chi connectivity index (χ0n) is 40.2. The van der Waals surface area contributed by atoms with Crippen LogP contribution in [-0.2, 0) is 49.5 Å². The Labute approximate surface area is 419 Å². The Morgan fingerprint density at radius 2 is 1.64 bits per heavy atom. The summed E-state index contributed by atoms with van der Waals surface area (Å²) in [6.07, 6.45) is 8.91. The van der Waals surface area contributed by atoms with E-state index in [1.54, 1.807) is 11.9 Å². The normalized spacial score (nSPS) is 29.5. The second-order valence-electron chi connectivity index (χ2n) is 20.4. The molecular formula is C49H67N9O10S2. The number of thiocarbonyl (C=S) groups is 1. The second kappa shape index (κ2) is 20.6. The molecular weight excluding hydrogens is 939 g/mol. The van der Waals surface area contributed by atoms with Crippen molar-refractivity contribution in [1.29, 1.82) is 0 Å². The van der Waals surface area contributed by atoms with Crippen molar-refractivity contribution in [1.82, 2.24) is 41.7 Å². The van der Waals surface area contributed by atoms with E-state index in [-0.39, 0.29) is 66.6 Å². The number of nitrogens with two attached hydrogens (primary N) is 1. The molecule has 70 heavy (non-hydrogen) atoms. The molecule has 1 aromatic carbocycles. The van der Waals surface area contributed by atoms with Gasteiger partial charge in [0.25, 0.3) is 5.17 Å². The van der Waals surface area contributed by atoms with Crippen LogP contribution >= 0.6 is 24.8 Å². The maximum atomic E-state index is 13.8. The first-order valence-corrected chi connectivity index (χ1v) is 25.6. The minimum absolute atomic E-state index is 0.000698. The molecule has 1 aromatic rings. The number of carbonyl (C=O) groups is 7. The predicted octanol–water partition coefficient (Wildman–Crippen LogP) is -0.136. The number of likely N-dealkylation sites (N-methyl/N-ethyl adjacent to an activating group) is 1. The van der Waals surface area contributed by atoms with Crippen LogP contribution in [0.5, 0.6) is 0 Å². The van der Waals surface area contributed by atoms with E-state index in [0.717, 1.165) is 24.9 Å². The molecule has 7 fully saturated rings.